The molecule has 0 aromatic heterocycles. The monoisotopic (exact) mass is 331 g/mol. The summed E-state index contributed by atoms with van der Waals surface area (Å²) in [6, 6.07) is 4.63. The first-order valence-corrected chi connectivity index (χ1v) is 9.10. The summed E-state index contributed by atoms with van der Waals surface area (Å²) in [7, 11) is 2.97. The Kier molecular flexibility index (Phi) is 5.24. The molecule has 7 heteroatoms. The SMILES string of the molecule is COCc1ccc(C(=O)NC2CCCC2)cc1S(=O)(=O)Cl. The van der Waals surface area contributed by atoms with E-state index in [1.807, 2.05) is 0 Å². The van der Waals surface area contributed by atoms with Crippen molar-refractivity contribution in [1.29, 1.82) is 0 Å². The average Bonchev–Trinajstić information content (AvgIpc) is 2.91. The highest BCUT2D eigenvalue weighted by Gasteiger charge is 2.21. The number of halogens is 1. The lowest BCUT2D eigenvalue weighted by Gasteiger charge is -2.13. The summed E-state index contributed by atoms with van der Waals surface area (Å²) >= 11 is 0. The van der Waals surface area contributed by atoms with Gasteiger partial charge < -0.3 is 10.1 Å². The van der Waals surface area contributed by atoms with Gasteiger partial charge in [-0.2, -0.15) is 0 Å². The number of hydrogen-bond acceptors (Lipinski definition) is 4. The van der Waals surface area contributed by atoms with E-state index in [1.54, 1.807) is 12.1 Å². The molecule has 0 heterocycles. The number of methoxy groups -OCH3 is 1. The molecule has 116 valence electrons. The summed E-state index contributed by atoms with van der Waals surface area (Å²) in [6.07, 6.45) is 4.15. The zero-order valence-corrected chi connectivity index (χ0v) is 13.3. The highest BCUT2D eigenvalue weighted by molar-refractivity contribution is 8.13. The first kappa shape index (κ1) is 16.3. The Hall–Kier alpha value is -1.11. The molecule has 5 nitrogen and oxygen atoms in total. The molecule has 1 saturated carbocycles. The minimum absolute atomic E-state index is 0.0786. The van der Waals surface area contributed by atoms with Crippen LogP contribution in [0.4, 0.5) is 0 Å². The largest absolute Gasteiger partial charge is 0.380 e. The number of amides is 1. The van der Waals surface area contributed by atoms with Gasteiger partial charge in [-0.1, -0.05) is 18.9 Å². The fourth-order valence-corrected chi connectivity index (χ4v) is 3.68. The first-order valence-electron chi connectivity index (χ1n) is 6.79. The van der Waals surface area contributed by atoms with Gasteiger partial charge in [0.2, 0.25) is 0 Å². The van der Waals surface area contributed by atoms with E-state index in [-0.39, 0.29) is 23.5 Å². The molecule has 0 saturated heterocycles. The van der Waals surface area contributed by atoms with Gasteiger partial charge in [0.25, 0.3) is 15.0 Å². The third kappa shape index (κ3) is 4.18. The van der Waals surface area contributed by atoms with Gasteiger partial charge in [-0.05, 0) is 30.5 Å². The van der Waals surface area contributed by atoms with Gasteiger partial charge in [-0.25, -0.2) is 8.42 Å². The van der Waals surface area contributed by atoms with E-state index in [1.165, 1.54) is 13.2 Å². The summed E-state index contributed by atoms with van der Waals surface area (Å²) in [4.78, 5) is 12.1. The van der Waals surface area contributed by atoms with Crippen LogP contribution in [0.15, 0.2) is 23.1 Å². The van der Waals surface area contributed by atoms with Gasteiger partial charge in [0.1, 0.15) is 0 Å². The molecule has 1 fully saturated rings. The van der Waals surface area contributed by atoms with Crippen LogP contribution in [0.1, 0.15) is 41.6 Å². The number of rotatable bonds is 5. The Morgan fingerprint density at radius 3 is 2.62 bits per heavy atom. The smallest absolute Gasteiger partial charge is 0.261 e. The molecule has 1 N–H and O–H groups in total. The molecule has 0 aliphatic heterocycles. The van der Waals surface area contributed by atoms with Crippen LogP contribution in [-0.2, 0) is 20.4 Å². The number of nitrogens with one attached hydrogen (secondary N) is 1. The molecule has 0 radical (unpaired) electrons. The van der Waals surface area contributed by atoms with Crippen molar-refractivity contribution in [3.8, 4) is 0 Å². The van der Waals surface area contributed by atoms with Crippen molar-refractivity contribution >= 4 is 25.6 Å². The Balaban J connectivity index is 2.26. The lowest BCUT2D eigenvalue weighted by atomic mass is 10.1. The molecule has 1 aromatic rings. The van der Waals surface area contributed by atoms with Gasteiger partial charge in [-0.15, -0.1) is 0 Å². The van der Waals surface area contributed by atoms with E-state index in [0.717, 1.165) is 25.7 Å². The average molecular weight is 332 g/mol. The fraction of sp³-hybridized carbons (Fsp3) is 0.500. The van der Waals surface area contributed by atoms with E-state index < -0.39 is 9.05 Å². The number of hydrogen-bond donors (Lipinski definition) is 1. The minimum atomic E-state index is -3.93. The van der Waals surface area contributed by atoms with Crippen molar-refractivity contribution < 1.29 is 17.9 Å². The minimum Gasteiger partial charge on any atom is -0.380 e. The van der Waals surface area contributed by atoms with Gasteiger partial charge in [0, 0.05) is 29.4 Å². The molecule has 1 amide bonds. The molecular formula is C14H18ClNO4S. The van der Waals surface area contributed by atoms with Gasteiger partial charge in [-0.3, -0.25) is 4.79 Å². The highest BCUT2D eigenvalue weighted by atomic mass is 35.7. The second kappa shape index (κ2) is 6.77. The highest BCUT2D eigenvalue weighted by Crippen LogP contribution is 2.23. The van der Waals surface area contributed by atoms with Crippen LogP contribution in [0.25, 0.3) is 0 Å². The summed E-state index contributed by atoms with van der Waals surface area (Å²) in [5.41, 5.74) is 0.728. The molecule has 1 aliphatic carbocycles. The normalized spacial score (nSPS) is 16.1. The molecule has 0 spiro atoms. The molecular weight excluding hydrogens is 314 g/mol. The summed E-state index contributed by atoms with van der Waals surface area (Å²) in [6.45, 7) is 0.117. The van der Waals surface area contributed by atoms with Gasteiger partial charge in [0.15, 0.2) is 0 Å². The molecule has 1 aliphatic rings. The Morgan fingerprint density at radius 2 is 2.05 bits per heavy atom. The van der Waals surface area contributed by atoms with Crippen molar-refractivity contribution in [3.05, 3.63) is 29.3 Å². The predicted molar refractivity (Wildman–Crippen MR) is 79.9 cm³/mol. The molecule has 0 atom stereocenters. The first-order chi connectivity index (χ1) is 9.91. The zero-order valence-electron chi connectivity index (χ0n) is 11.8. The van der Waals surface area contributed by atoms with E-state index >= 15 is 0 Å². The molecule has 0 bridgehead atoms. The number of ether oxygens (including phenoxy) is 1. The third-order valence-electron chi connectivity index (χ3n) is 3.58. The maximum absolute atomic E-state index is 12.2. The van der Waals surface area contributed by atoms with Crippen LogP contribution in [0.3, 0.4) is 0 Å². The van der Waals surface area contributed by atoms with Crippen molar-refractivity contribution in [2.75, 3.05) is 7.11 Å². The zero-order chi connectivity index (χ0) is 15.5. The van der Waals surface area contributed by atoms with Crippen molar-refractivity contribution in [3.63, 3.8) is 0 Å². The topological polar surface area (TPSA) is 72.5 Å². The maximum atomic E-state index is 12.2. The van der Waals surface area contributed by atoms with Crippen molar-refractivity contribution in [1.82, 2.24) is 5.32 Å². The van der Waals surface area contributed by atoms with Gasteiger partial charge >= 0.3 is 0 Å². The molecule has 21 heavy (non-hydrogen) atoms. The van der Waals surface area contributed by atoms with Crippen LogP contribution < -0.4 is 5.32 Å². The summed E-state index contributed by atoms with van der Waals surface area (Å²) < 4.78 is 28.2. The molecule has 0 unspecified atom stereocenters. The van der Waals surface area contributed by atoms with E-state index in [4.69, 9.17) is 15.4 Å². The standard InChI is InChI=1S/C14H18ClNO4S/c1-20-9-11-7-6-10(8-13(11)21(15,18)19)14(17)16-12-4-2-3-5-12/h6-8,12H,2-5,9H2,1H3,(H,16,17). The lowest BCUT2D eigenvalue weighted by Crippen LogP contribution is -2.32. The second-order valence-corrected chi connectivity index (χ2v) is 7.68. The Labute approximate surface area is 129 Å². The number of benzene rings is 1. The quantitative estimate of drug-likeness (QED) is 0.841. The van der Waals surface area contributed by atoms with Crippen molar-refractivity contribution in [2.45, 2.75) is 43.2 Å². The van der Waals surface area contributed by atoms with Crippen LogP contribution in [0, 0.1) is 0 Å². The van der Waals surface area contributed by atoms with E-state index in [2.05, 4.69) is 5.32 Å². The molecule has 2 rings (SSSR count). The lowest BCUT2D eigenvalue weighted by molar-refractivity contribution is 0.0937. The fourth-order valence-electron chi connectivity index (χ4n) is 2.54. The van der Waals surface area contributed by atoms with Crippen LogP contribution in [0.5, 0.6) is 0 Å². The summed E-state index contributed by atoms with van der Waals surface area (Å²) in [5, 5.41) is 2.92. The van der Waals surface area contributed by atoms with Gasteiger partial charge in [0.05, 0.1) is 11.5 Å². The van der Waals surface area contributed by atoms with Crippen LogP contribution in [0.2, 0.25) is 0 Å². The predicted octanol–water partition coefficient (Wildman–Crippen LogP) is 2.43. The van der Waals surface area contributed by atoms with E-state index in [9.17, 15) is 13.2 Å². The summed E-state index contributed by atoms with van der Waals surface area (Å²) in [5.74, 6) is -0.271. The Morgan fingerprint density at radius 1 is 1.38 bits per heavy atom. The number of carbonyl (C=O) groups excluding carboxylic acids is 1. The number of carbonyl (C=O) groups is 1. The van der Waals surface area contributed by atoms with E-state index in [0.29, 0.717) is 11.1 Å². The maximum Gasteiger partial charge on any atom is 0.261 e. The van der Waals surface area contributed by atoms with Crippen molar-refractivity contribution in [2.24, 2.45) is 0 Å². The molecule has 1 aromatic carbocycles. The second-order valence-electron chi connectivity index (χ2n) is 5.15. The van der Waals surface area contributed by atoms with Crippen LogP contribution >= 0.6 is 10.7 Å². The van der Waals surface area contributed by atoms with Crippen LogP contribution in [-0.4, -0.2) is 27.5 Å². The Bertz CT molecular complexity index is 624. The third-order valence-corrected chi connectivity index (χ3v) is 4.99.